The smallest absolute Gasteiger partial charge is 0.302 e. The van der Waals surface area contributed by atoms with Gasteiger partial charge in [-0.2, -0.15) is 0 Å². The second kappa shape index (κ2) is 29.0. The first-order valence-electron chi connectivity index (χ1n) is 14.4. The molecular weight excluding hydrogens is 536 g/mol. The van der Waals surface area contributed by atoms with Crippen molar-refractivity contribution < 1.29 is 53.1 Å². The summed E-state index contributed by atoms with van der Waals surface area (Å²) >= 11 is 0. The molecule has 244 valence electrons. The van der Waals surface area contributed by atoms with Crippen LogP contribution in [0.15, 0.2) is 0 Å². The number of aliphatic hydroxyl groups is 2. The van der Waals surface area contributed by atoms with E-state index >= 15 is 0 Å². The minimum absolute atomic E-state index is 0.0421. The highest BCUT2D eigenvalue weighted by atomic mass is 16.6. The van der Waals surface area contributed by atoms with Gasteiger partial charge >= 0.3 is 23.9 Å². The summed E-state index contributed by atoms with van der Waals surface area (Å²) in [5.74, 6) is -1.14. The van der Waals surface area contributed by atoms with Crippen LogP contribution < -0.4 is 0 Å². The average molecular weight is 595 g/mol. The van der Waals surface area contributed by atoms with Crippen molar-refractivity contribution in [2.45, 2.75) is 165 Å². The topological polar surface area (TPSA) is 163 Å². The summed E-state index contributed by atoms with van der Waals surface area (Å²) in [7, 11) is 0. The van der Waals surface area contributed by atoms with Gasteiger partial charge in [0.05, 0.1) is 24.4 Å². The number of aliphatic hydroxyl groups excluding tert-OH is 2. The molecule has 0 aliphatic heterocycles. The summed E-state index contributed by atoms with van der Waals surface area (Å²) in [5, 5.41) is 18.5. The van der Waals surface area contributed by atoms with Crippen molar-refractivity contribution in [2.24, 2.45) is 0 Å². The number of ketones is 1. The van der Waals surface area contributed by atoms with Gasteiger partial charge in [-0.1, -0.05) is 27.7 Å². The fourth-order valence-electron chi connectivity index (χ4n) is 2.81. The summed E-state index contributed by atoms with van der Waals surface area (Å²) in [6.07, 6.45) is 2.72. The number of rotatable bonds is 14. The van der Waals surface area contributed by atoms with Crippen molar-refractivity contribution in [2.75, 3.05) is 0 Å². The maximum absolute atomic E-state index is 10.8. The van der Waals surface area contributed by atoms with Crippen LogP contribution in [-0.2, 0) is 42.9 Å². The van der Waals surface area contributed by atoms with Gasteiger partial charge in [0.25, 0.3) is 0 Å². The van der Waals surface area contributed by atoms with Gasteiger partial charge in [0.15, 0.2) is 0 Å². The molecule has 6 unspecified atom stereocenters. The van der Waals surface area contributed by atoms with Gasteiger partial charge in [0.1, 0.15) is 18.0 Å². The zero-order valence-electron chi connectivity index (χ0n) is 27.5. The van der Waals surface area contributed by atoms with E-state index in [0.717, 1.165) is 12.8 Å². The maximum atomic E-state index is 10.8. The molecular formula is C30H58O11. The number of carbonyl (C=O) groups is 5. The molecule has 0 heterocycles. The molecule has 0 aliphatic carbocycles. The molecule has 11 heteroatoms. The van der Waals surface area contributed by atoms with E-state index in [1.165, 1.54) is 34.6 Å². The Balaban J connectivity index is -0.000000229. The predicted molar refractivity (Wildman–Crippen MR) is 157 cm³/mol. The molecule has 0 fully saturated rings. The van der Waals surface area contributed by atoms with Crippen LogP contribution in [0.5, 0.6) is 0 Å². The lowest BCUT2D eigenvalue weighted by Gasteiger charge is -2.18. The van der Waals surface area contributed by atoms with Crippen molar-refractivity contribution in [1.29, 1.82) is 0 Å². The molecule has 0 saturated heterocycles. The minimum atomic E-state index is -0.515. The van der Waals surface area contributed by atoms with Gasteiger partial charge < -0.3 is 29.2 Å². The Bertz CT molecular complexity index is 671. The van der Waals surface area contributed by atoms with Crippen LogP contribution in [0.1, 0.15) is 128 Å². The van der Waals surface area contributed by atoms with E-state index in [1.54, 1.807) is 6.92 Å². The largest absolute Gasteiger partial charge is 0.463 e. The molecule has 2 N–H and O–H groups in total. The number of Topliss-reactive ketones (excluding diaryl/α,β-unsaturated/α-hetero) is 1. The molecule has 0 saturated carbocycles. The van der Waals surface area contributed by atoms with Crippen molar-refractivity contribution >= 4 is 29.7 Å². The highest BCUT2D eigenvalue weighted by Crippen LogP contribution is 2.10. The highest BCUT2D eigenvalue weighted by Gasteiger charge is 2.18. The van der Waals surface area contributed by atoms with Gasteiger partial charge in [-0.15, -0.1) is 0 Å². The van der Waals surface area contributed by atoms with Gasteiger partial charge in [0, 0.05) is 47.0 Å². The molecule has 0 bridgehead atoms. The number of hydrogen-bond acceptors (Lipinski definition) is 11. The lowest BCUT2D eigenvalue weighted by Crippen LogP contribution is -2.24. The molecule has 0 aromatic carbocycles. The number of ether oxygens (including phenoxy) is 4. The highest BCUT2D eigenvalue weighted by molar-refractivity contribution is 5.76. The standard InChI is InChI=1S/C10H18O4.C8H16O3.2C6H12O2/c1-4-9(13)6-10(5-7(2)11)14-8(3)12;1-4-8(10)5-6(2)11-7(3)9;2*1-4-5(2)8-6(3)7/h9-10,13H,4-6H2,1-3H3;6,8,10H,4-5H2,1-3H3;2*5H,4H2,1-3H3. The van der Waals surface area contributed by atoms with Crippen LogP contribution >= 0.6 is 0 Å². The fraction of sp³-hybridized carbons (Fsp3) is 0.833. The first-order chi connectivity index (χ1) is 18.8. The van der Waals surface area contributed by atoms with Crippen LogP contribution in [0.25, 0.3) is 0 Å². The van der Waals surface area contributed by atoms with E-state index in [2.05, 4.69) is 0 Å². The van der Waals surface area contributed by atoms with Crippen molar-refractivity contribution in [3.63, 3.8) is 0 Å². The molecule has 0 aromatic heterocycles. The Kier molecular flexibility index (Phi) is 32.1. The van der Waals surface area contributed by atoms with Crippen molar-refractivity contribution in [1.82, 2.24) is 0 Å². The van der Waals surface area contributed by atoms with E-state index in [-0.39, 0.29) is 54.5 Å². The molecule has 0 aromatic rings. The first-order valence-corrected chi connectivity index (χ1v) is 14.4. The molecule has 11 nitrogen and oxygen atoms in total. The molecule has 0 amide bonds. The molecule has 41 heavy (non-hydrogen) atoms. The van der Waals surface area contributed by atoms with Crippen LogP contribution in [0.4, 0.5) is 0 Å². The number of esters is 4. The number of carbonyl (C=O) groups excluding carboxylic acids is 5. The van der Waals surface area contributed by atoms with Crippen LogP contribution in [0.2, 0.25) is 0 Å². The zero-order chi connectivity index (χ0) is 33.1. The van der Waals surface area contributed by atoms with E-state index in [4.69, 9.17) is 24.1 Å². The summed E-state index contributed by atoms with van der Waals surface area (Å²) < 4.78 is 19.3. The lowest BCUT2D eigenvalue weighted by atomic mass is 10.1. The van der Waals surface area contributed by atoms with Gasteiger partial charge in [0.2, 0.25) is 0 Å². The molecule has 0 radical (unpaired) electrons. The minimum Gasteiger partial charge on any atom is -0.463 e. The Morgan fingerprint density at radius 2 is 0.829 bits per heavy atom. The van der Waals surface area contributed by atoms with Gasteiger partial charge in [-0.3, -0.25) is 24.0 Å². The van der Waals surface area contributed by atoms with Gasteiger partial charge in [-0.25, -0.2) is 0 Å². The SMILES string of the molecule is CCC(C)OC(C)=O.CCC(C)OC(C)=O.CCC(O)CC(C)OC(C)=O.CCC(O)CC(CC(C)=O)OC(C)=O. The monoisotopic (exact) mass is 594 g/mol. The Labute approximate surface area is 247 Å². The normalized spacial score (nSPS) is 14.2. The molecule has 0 aliphatic rings. The van der Waals surface area contributed by atoms with Crippen molar-refractivity contribution in [3.05, 3.63) is 0 Å². The van der Waals surface area contributed by atoms with Crippen LogP contribution in [0, 0.1) is 0 Å². The lowest BCUT2D eigenvalue weighted by molar-refractivity contribution is -0.149. The molecule has 0 rings (SSSR count). The first kappa shape index (κ1) is 45.5. The van der Waals surface area contributed by atoms with Crippen LogP contribution in [0.3, 0.4) is 0 Å². The van der Waals surface area contributed by atoms with Gasteiger partial charge in [-0.05, 0) is 53.4 Å². The fourth-order valence-corrected chi connectivity index (χ4v) is 2.81. The van der Waals surface area contributed by atoms with E-state index < -0.39 is 18.2 Å². The Hall–Kier alpha value is -2.53. The summed E-state index contributed by atoms with van der Waals surface area (Å²) in [5.41, 5.74) is 0. The third-order valence-corrected chi connectivity index (χ3v) is 5.18. The molecule has 0 spiro atoms. The van der Waals surface area contributed by atoms with E-state index in [0.29, 0.717) is 25.7 Å². The Morgan fingerprint density at radius 1 is 0.512 bits per heavy atom. The summed E-state index contributed by atoms with van der Waals surface area (Å²) in [4.78, 5) is 52.3. The van der Waals surface area contributed by atoms with Crippen molar-refractivity contribution in [3.8, 4) is 0 Å². The quantitative estimate of drug-likeness (QED) is 0.209. The third kappa shape index (κ3) is 42.1. The second-order valence-corrected chi connectivity index (χ2v) is 9.81. The molecule has 6 atom stereocenters. The zero-order valence-corrected chi connectivity index (χ0v) is 27.5. The third-order valence-electron chi connectivity index (χ3n) is 5.18. The Morgan fingerprint density at radius 3 is 1.07 bits per heavy atom. The predicted octanol–water partition coefficient (Wildman–Crippen LogP) is 4.85. The van der Waals surface area contributed by atoms with E-state index in [9.17, 15) is 29.1 Å². The average Bonchev–Trinajstić information content (AvgIpc) is 2.82. The number of hydrogen-bond donors (Lipinski definition) is 2. The second-order valence-electron chi connectivity index (χ2n) is 9.81. The maximum Gasteiger partial charge on any atom is 0.302 e. The van der Waals surface area contributed by atoms with Crippen LogP contribution in [-0.4, -0.2) is 76.5 Å². The summed E-state index contributed by atoms with van der Waals surface area (Å²) in [6, 6.07) is 0. The summed E-state index contributed by atoms with van der Waals surface area (Å²) in [6.45, 7) is 20.2. The van der Waals surface area contributed by atoms with E-state index in [1.807, 2.05) is 41.5 Å².